The third-order valence-electron chi connectivity index (χ3n) is 3.89. The van der Waals surface area contributed by atoms with Crippen LogP contribution in [-0.4, -0.2) is 44.0 Å². The highest BCUT2D eigenvalue weighted by Crippen LogP contribution is 2.22. The highest BCUT2D eigenvalue weighted by Gasteiger charge is 2.20. The number of hydrogen-bond acceptors (Lipinski definition) is 8. The molecule has 3 aromatic rings. The van der Waals surface area contributed by atoms with E-state index >= 15 is 0 Å². The molecule has 0 saturated heterocycles. The van der Waals surface area contributed by atoms with Crippen molar-refractivity contribution < 1.29 is 0 Å². The summed E-state index contributed by atoms with van der Waals surface area (Å²) in [5.41, 5.74) is 8.25. The number of nitrogen functional groups attached to an aromatic ring is 1. The van der Waals surface area contributed by atoms with Crippen molar-refractivity contribution >= 4 is 22.9 Å². The Morgan fingerprint density at radius 2 is 1.88 bits per heavy atom. The van der Waals surface area contributed by atoms with Gasteiger partial charge in [0.2, 0.25) is 5.95 Å². The van der Waals surface area contributed by atoms with Crippen LogP contribution in [0.3, 0.4) is 0 Å². The molecule has 0 bridgehead atoms. The van der Waals surface area contributed by atoms with E-state index in [0.717, 1.165) is 5.56 Å². The van der Waals surface area contributed by atoms with E-state index in [0.29, 0.717) is 35.3 Å². The van der Waals surface area contributed by atoms with Crippen LogP contribution in [-0.2, 0) is 6.54 Å². The molecule has 0 fully saturated rings. The average molecular weight is 341 g/mol. The van der Waals surface area contributed by atoms with E-state index in [1.165, 1.54) is 0 Å². The molecule has 1 unspecified atom stereocenters. The van der Waals surface area contributed by atoms with Crippen molar-refractivity contribution in [1.82, 2.24) is 35.2 Å². The molecule has 9 nitrogen and oxygen atoms in total. The lowest BCUT2D eigenvalue weighted by molar-refractivity contribution is 0.393. The van der Waals surface area contributed by atoms with Gasteiger partial charge in [0, 0.05) is 38.6 Å². The van der Waals surface area contributed by atoms with Crippen LogP contribution in [0.25, 0.3) is 11.2 Å². The van der Waals surface area contributed by atoms with Gasteiger partial charge in [-0.3, -0.25) is 0 Å². The molecule has 0 aliphatic rings. The molecular weight excluding hydrogens is 318 g/mol. The molecule has 3 heterocycles. The minimum absolute atomic E-state index is 0.0584. The SMILES string of the molecule is CC(C)C(NCc1cnc(N(C)C)nc1)c1nc(N)c2[nH]cnc2n1. The van der Waals surface area contributed by atoms with Gasteiger partial charge in [0.1, 0.15) is 5.52 Å². The fourth-order valence-electron chi connectivity index (χ4n) is 2.54. The first-order valence-electron chi connectivity index (χ1n) is 8.14. The molecule has 132 valence electrons. The number of hydrogen-bond donors (Lipinski definition) is 3. The van der Waals surface area contributed by atoms with E-state index in [2.05, 4.69) is 49.1 Å². The second-order valence-electron chi connectivity index (χ2n) is 6.46. The van der Waals surface area contributed by atoms with E-state index in [4.69, 9.17) is 5.73 Å². The van der Waals surface area contributed by atoms with Crippen molar-refractivity contribution in [2.75, 3.05) is 24.7 Å². The fourth-order valence-corrected chi connectivity index (χ4v) is 2.54. The Balaban J connectivity index is 1.78. The smallest absolute Gasteiger partial charge is 0.224 e. The number of nitrogens with zero attached hydrogens (tertiary/aromatic N) is 6. The normalized spacial score (nSPS) is 12.7. The van der Waals surface area contributed by atoms with Crippen LogP contribution in [0.5, 0.6) is 0 Å². The maximum absolute atomic E-state index is 6.02. The number of anilines is 2. The molecule has 0 aliphatic carbocycles. The van der Waals surface area contributed by atoms with E-state index < -0.39 is 0 Å². The number of imidazole rings is 1. The van der Waals surface area contributed by atoms with Crippen LogP contribution < -0.4 is 16.0 Å². The molecule has 0 aliphatic heterocycles. The second-order valence-corrected chi connectivity index (χ2v) is 6.46. The number of rotatable bonds is 6. The molecule has 0 amide bonds. The Bertz CT molecular complexity index is 838. The molecule has 3 aromatic heterocycles. The van der Waals surface area contributed by atoms with E-state index in [1.807, 2.05) is 31.4 Å². The zero-order chi connectivity index (χ0) is 18.0. The zero-order valence-electron chi connectivity index (χ0n) is 14.9. The summed E-state index contributed by atoms with van der Waals surface area (Å²) in [5, 5.41) is 3.47. The predicted octanol–water partition coefficient (Wildman–Crippen LogP) is 1.28. The lowest BCUT2D eigenvalue weighted by atomic mass is 10.0. The molecule has 0 spiro atoms. The van der Waals surface area contributed by atoms with Gasteiger partial charge in [-0.05, 0) is 5.92 Å². The molecule has 4 N–H and O–H groups in total. The quantitative estimate of drug-likeness (QED) is 0.613. The van der Waals surface area contributed by atoms with Crippen LogP contribution in [0.1, 0.15) is 31.3 Å². The molecule has 0 saturated carbocycles. The molecule has 1 atom stereocenters. The molecule has 0 radical (unpaired) electrons. The number of nitrogens with two attached hydrogens (primary N) is 1. The standard InChI is InChI=1S/C16H23N9/c1-9(2)11(15-23-13(17)12-14(24-15)22-8-21-12)18-5-10-6-19-16(20-7-10)25(3)4/h6-9,11,18H,5H2,1-4H3,(H3,17,21,22,23,24). The maximum atomic E-state index is 6.02. The van der Waals surface area contributed by atoms with Crippen LogP contribution in [0.15, 0.2) is 18.7 Å². The number of H-pyrrole nitrogens is 1. The summed E-state index contributed by atoms with van der Waals surface area (Å²) in [5.74, 6) is 2.00. The molecule has 3 rings (SSSR count). The van der Waals surface area contributed by atoms with Crippen molar-refractivity contribution in [3.8, 4) is 0 Å². The second kappa shape index (κ2) is 6.98. The van der Waals surface area contributed by atoms with Gasteiger partial charge in [0.15, 0.2) is 17.3 Å². The van der Waals surface area contributed by atoms with Crippen molar-refractivity contribution in [3.05, 3.63) is 30.1 Å². The summed E-state index contributed by atoms with van der Waals surface area (Å²) in [6.45, 7) is 4.83. The van der Waals surface area contributed by atoms with E-state index in [-0.39, 0.29) is 12.0 Å². The van der Waals surface area contributed by atoms with Gasteiger partial charge < -0.3 is 20.9 Å². The van der Waals surface area contributed by atoms with Crippen LogP contribution in [0.2, 0.25) is 0 Å². The summed E-state index contributed by atoms with van der Waals surface area (Å²) in [6.07, 6.45) is 5.21. The van der Waals surface area contributed by atoms with Gasteiger partial charge in [-0.1, -0.05) is 13.8 Å². The van der Waals surface area contributed by atoms with Crippen molar-refractivity contribution in [1.29, 1.82) is 0 Å². The summed E-state index contributed by atoms with van der Waals surface area (Å²) >= 11 is 0. The van der Waals surface area contributed by atoms with Crippen LogP contribution >= 0.6 is 0 Å². The number of fused-ring (bicyclic) bond motifs is 1. The van der Waals surface area contributed by atoms with Crippen LogP contribution in [0, 0.1) is 5.92 Å². The van der Waals surface area contributed by atoms with E-state index in [9.17, 15) is 0 Å². The highest BCUT2D eigenvalue weighted by molar-refractivity contribution is 5.80. The van der Waals surface area contributed by atoms with Gasteiger partial charge in [0.25, 0.3) is 0 Å². The molecular formula is C16H23N9. The number of aromatic nitrogens is 6. The molecule has 25 heavy (non-hydrogen) atoms. The fraction of sp³-hybridized carbons (Fsp3) is 0.438. The lowest BCUT2D eigenvalue weighted by Crippen LogP contribution is -2.27. The van der Waals surface area contributed by atoms with Crippen molar-refractivity contribution in [2.24, 2.45) is 5.92 Å². The lowest BCUT2D eigenvalue weighted by Gasteiger charge is -2.21. The minimum Gasteiger partial charge on any atom is -0.382 e. The van der Waals surface area contributed by atoms with Gasteiger partial charge >= 0.3 is 0 Å². The first-order valence-corrected chi connectivity index (χ1v) is 8.14. The Kier molecular flexibility index (Phi) is 4.75. The van der Waals surface area contributed by atoms with Crippen LogP contribution in [0.4, 0.5) is 11.8 Å². The monoisotopic (exact) mass is 341 g/mol. The largest absolute Gasteiger partial charge is 0.382 e. The summed E-state index contributed by atoms with van der Waals surface area (Å²) in [4.78, 5) is 26.6. The molecule has 0 aromatic carbocycles. The summed E-state index contributed by atoms with van der Waals surface area (Å²) in [7, 11) is 3.82. The highest BCUT2D eigenvalue weighted by atomic mass is 15.2. The van der Waals surface area contributed by atoms with Crippen molar-refractivity contribution in [2.45, 2.75) is 26.4 Å². The van der Waals surface area contributed by atoms with Gasteiger partial charge in [-0.2, -0.15) is 0 Å². The topological polar surface area (TPSA) is 122 Å². The average Bonchev–Trinajstić information content (AvgIpc) is 3.04. The molecule has 9 heteroatoms. The zero-order valence-corrected chi connectivity index (χ0v) is 14.9. The van der Waals surface area contributed by atoms with Gasteiger partial charge in [-0.15, -0.1) is 0 Å². The number of nitrogens with one attached hydrogen (secondary N) is 2. The Morgan fingerprint density at radius 1 is 1.16 bits per heavy atom. The first kappa shape index (κ1) is 17.0. The van der Waals surface area contributed by atoms with Gasteiger partial charge in [0.05, 0.1) is 12.4 Å². The number of aromatic amines is 1. The first-order chi connectivity index (χ1) is 12.0. The minimum atomic E-state index is -0.0584. The summed E-state index contributed by atoms with van der Waals surface area (Å²) < 4.78 is 0. The Labute approximate surface area is 146 Å². The van der Waals surface area contributed by atoms with Crippen molar-refractivity contribution in [3.63, 3.8) is 0 Å². The third-order valence-corrected chi connectivity index (χ3v) is 3.89. The Hall–Kier alpha value is -2.81. The third kappa shape index (κ3) is 3.66. The predicted molar refractivity (Wildman–Crippen MR) is 96.9 cm³/mol. The maximum Gasteiger partial charge on any atom is 0.224 e. The van der Waals surface area contributed by atoms with E-state index in [1.54, 1.807) is 6.33 Å². The van der Waals surface area contributed by atoms with Gasteiger partial charge in [-0.25, -0.2) is 24.9 Å². The summed E-state index contributed by atoms with van der Waals surface area (Å²) in [6, 6.07) is -0.0584. The Morgan fingerprint density at radius 3 is 2.52 bits per heavy atom.